The first kappa shape index (κ1) is 13.8. The minimum atomic E-state index is 0.524. The predicted octanol–water partition coefficient (Wildman–Crippen LogP) is 3.78. The molecule has 3 atom stereocenters. The Morgan fingerprint density at radius 1 is 1.30 bits per heavy atom. The highest BCUT2D eigenvalue weighted by molar-refractivity contribution is 9.10. The Balaban J connectivity index is 1.67. The molecule has 0 saturated heterocycles. The van der Waals surface area contributed by atoms with E-state index in [4.69, 9.17) is 0 Å². The molecule has 1 N–H and O–H groups in total. The normalized spacial score (nSPS) is 22.5. The number of nitrogens with zero attached hydrogens (tertiary/aromatic N) is 1. The van der Waals surface area contributed by atoms with E-state index >= 15 is 0 Å². The topological polar surface area (TPSA) is 24.9 Å². The van der Waals surface area contributed by atoms with Crippen LogP contribution in [-0.4, -0.2) is 18.1 Å². The number of halogens is 1. The molecule has 1 saturated carbocycles. The number of pyridine rings is 1. The smallest absolute Gasteiger partial charge is 0.0410 e. The fourth-order valence-electron chi connectivity index (χ4n) is 3.03. The summed E-state index contributed by atoms with van der Waals surface area (Å²) in [6.07, 6.45) is 6.13. The van der Waals surface area contributed by atoms with Gasteiger partial charge in [0.1, 0.15) is 0 Å². The Kier molecular flexibility index (Phi) is 4.18. The van der Waals surface area contributed by atoms with E-state index in [-0.39, 0.29) is 0 Å². The zero-order valence-corrected chi connectivity index (χ0v) is 13.2. The molecular formula is C17H19BrN2. The van der Waals surface area contributed by atoms with Crippen LogP contribution in [0.2, 0.25) is 0 Å². The maximum atomic E-state index is 4.25. The van der Waals surface area contributed by atoms with Crippen molar-refractivity contribution in [3.63, 3.8) is 0 Å². The first-order valence-electron chi connectivity index (χ1n) is 7.09. The van der Waals surface area contributed by atoms with Gasteiger partial charge in [0.15, 0.2) is 0 Å². The number of nitrogens with one attached hydrogen (secondary N) is 1. The summed E-state index contributed by atoms with van der Waals surface area (Å²) in [7, 11) is 2.07. The Hall–Kier alpha value is -1.19. The average Bonchev–Trinajstić information content (AvgIpc) is 3.26. The van der Waals surface area contributed by atoms with Crippen LogP contribution in [0.15, 0.2) is 53.3 Å². The number of likely N-dealkylation sites (N-methyl/N-ethyl adjacent to an activating group) is 1. The van der Waals surface area contributed by atoms with Gasteiger partial charge in [-0.1, -0.05) is 30.3 Å². The minimum absolute atomic E-state index is 0.524. The van der Waals surface area contributed by atoms with Crippen molar-refractivity contribution in [2.45, 2.75) is 24.8 Å². The molecule has 1 aliphatic rings. The van der Waals surface area contributed by atoms with E-state index in [2.05, 4.69) is 69.7 Å². The lowest BCUT2D eigenvalue weighted by atomic mass is 10.00. The summed E-state index contributed by atoms with van der Waals surface area (Å²) < 4.78 is 1.06. The van der Waals surface area contributed by atoms with Gasteiger partial charge in [0.25, 0.3) is 0 Å². The third kappa shape index (κ3) is 3.10. The van der Waals surface area contributed by atoms with Crippen molar-refractivity contribution in [2.24, 2.45) is 5.92 Å². The second-order valence-electron chi connectivity index (χ2n) is 5.53. The molecule has 1 aromatic heterocycles. The van der Waals surface area contributed by atoms with Crippen LogP contribution in [0.1, 0.15) is 23.5 Å². The molecule has 0 amide bonds. The van der Waals surface area contributed by atoms with Crippen molar-refractivity contribution >= 4 is 15.9 Å². The molecule has 1 aromatic carbocycles. The molecule has 1 fully saturated rings. The molecule has 3 rings (SSSR count). The lowest BCUT2D eigenvalue weighted by Crippen LogP contribution is -2.30. The Morgan fingerprint density at radius 3 is 2.80 bits per heavy atom. The number of aromatic nitrogens is 1. The quantitative estimate of drug-likeness (QED) is 0.902. The molecule has 104 valence electrons. The molecule has 0 spiro atoms. The van der Waals surface area contributed by atoms with E-state index in [1.54, 1.807) is 0 Å². The van der Waals surface area contributed by atoms with Crippen LogP contribution in [0.5, 0.6) is 0 Å². The molecule has 0 bridgehead atoms. The summed E-state index contributed by atoms with van der Waals surface area (Å²) in [5.74, 6) is 1.45. The minimum Gasteiger partial charge on any atom is -0.316 e. The molecule has 3 heteroatoms. The van der Waals surface area contributed by atoms with Crippen LogP contribution in [0.3, 0.4) is 0 Å². The Bertz CT molecular complexity index is 570. The SMILES string of the molecule is CNC(Cc1cncc(Br)c1)C1CC1c1ccccc1. The van der Waals surface area contributed by atoms with Crippen LogP contribution in [-0.2, 0) is 6.42 Å². The third-order valence-corrected chi connectivity index (χ3v) is 4.61. The van der Waals surface area contributed by atoms with Crippen molar-refractivity contribution in [1.29, 1.82) is 0 Å². The lowest BCUT2D eigenvalue weighted by Gasteiger charge is -2.16. The second kappa shape index (κ2) is 6.06. The van der Waals surface area contributed by atoms with Crippen molar-refractivity contribution in [1.82, 2.24) is 10.3 Å². The summed E-state index contributed by atoms with van der Waals surface area (Å²) in [6.45, 7) is 0. The number of rotatable bonds is 5. The van der Waals surface area contributed by atoms with Gasteiger partial charge in [-0.05, 0) is 64.8 Å². The lowest BCUT2D eigenvalue weighted by molar-refractivity contribution is 0.490. The van der Waals surface area contributed by atoms with Crippen molar-refractivity contribution in [3.8, 4) is 0 Å². The summed E-state index contributed by atoms with van der Waals surface area (Å²) in [6, 6.07) is 13.5. The largest absolute Gasteiger partial charge is 0.316 e. The summed E-state index contributed by atoms with van der Waals surface area (Å²) in [5, 5.41) is 3.49. The molecular weight excluding hydrogens is 312 g/mol. The summed E-state index contributed by atoms with van der Waals surface area (Å²) in [5.41, 5.74) is 2.77. The molecule has 2 aromatic rings. The molecule has 3 unspecified atom stereocenters. The Labute approximate surface area is 128 Å². The van der Waals surface area contributed by atoms with Gasteiger partial charge < -0.3 is 5.32 Å². The van der Waals surface area contributed by atoms with Gasteiger partial charge in [-0.25, -0.2) is 0 Å². The van der Waals surface area contributed by atoms with Crippen LogP contribution < -0.4 is 5.32 Å². The number of benzene rings is 1. The van der Waals surface area contributed by atoms with E-state index in [1.165, 1.54) is 17.5 Å². The molecule has 0 radical (unpaired) electrons. The van der Waals surface area contributed by atoms with Gasteiger partial charge in [0.2, 0.25) is 0 Å². The van der Waals surface area contributed by atoms with Crippen molar-refractivity contribution in [3.05, 3.63) is 64.4 Å². The summed E-state index contributed by atoms with van der Waals surface area (Å²) >= 11 is 3.49. The standard InChI is InChI=1S/C17H19BrN2/c1-19-17(8-12-7-14(18)11-20-10-12)16-9-15(16)13-5-3-2-4-6-13/h2-7,10-11,15-17,19H,8-9H2,1H3. The van der Waals surface area contributed by atoms with Gasteiger partial charge in [-0.3, -0.25) is 4.98 Å². The molecule has 2 nitrogen and oxygen atoms in total. The van der Waals surface area contributed by atoms with E-state index < -0.39 is 0 Å². The predicted molar refractivity (Wildman–Crippen MR) is 85.8 cm³/mol. The van der Waals surface area contributed by atoms with Gasteiger partial charge in [0, 0.05) is 22.9 Å². The van der Waals surface area contributed by atoms with Crippen molar-refractivity contribution in [2.75, 3.05) is 7.05 Å². The van der Waals surface area contributed by atoms with Gasteiger partial charge >= 0.3 is 0 Å². The van der Waals surface area contributed by atoms with E-state index in [9.17, 15) is 0 Å². The highest BCUT2D eigenvalue weighted by Crippen LogP contribution is 2.49. The average molecular weight is 331 g/mol. The van der Waals surface area contributed by atoms with Gasteiger partial charge in [-0.2, -0.15) is 0 Å². The molecule has 1 aliphatic carbocycles. The van der Waals surface area contributed by atoms with Crippen LogP contribution in [0.4, 0.5) is 0 Å². The second-order valence-corrected chi connectivity index (χ2v) is 6.44. The third-order valence-electron chi connectivity index (χ3n) is 4.17. The van der Waals surface area contributed by atoms with Crippen LogP contribution in [0.25, 0.3) is 0 Å². The highest BCUT2D eigenvalue weighted by atomic mass is 79.9. The molecule has 0 aliphatic heterocycles. The molecule has 20 heavy (non-hydrogen) atoms. The Morgan fingerprint density at radius 2 is 2.10 bits per heavy atom. The van der Waals surface area contributed by atoms with Crippen LogP contribution >= 0.6 is 15.9 Å². The zero-order valence-electron chi connectivity index (χ0n) is 11.6. The van der Waals surface area contributed by atoms with Crippen LogP contribution in [0, 0.1) is 5.92 Å². The zero-order chi connectivity index (χ0) is 13.9. The van der Waals surface area contributed by atoms with Crippen molar-refractivity contribution < 1.29 is 0 Å². The molecule has 1 heterocycles. The van der Waals surface area contributed by atoms with Gasteiger partial charge in [-0.15, -0.1) is 0 Å². The van der Waals surface area contributed by atoms with Gasteiger partial charge in [0.05, 0.1) is 0 Å². The summed E-state index contributed by atoms with van der Waals surface area (Å²) in [4.78, 5) is 4.25. The first-order chi connectivity index (χ1) is 9.78. The maximum absolute atomic E-state index is 4.25. The monoisotopic (exact) mass is 330 g/mol. The van der Waals surface area contributed by atoms with E-state index in [1.807, 2.05) is 12.4 Å². The maximum Gasteiger partial charge on any atom is 0.0410 e. The first-order valence-corrected chi connectivity index (χ1v) is 7.89. The fraction of sp³-hybridized carbons (Fsp3) is 0.353. The number of hydrogen-bond acceptors (Lipinski definition) is 2. The fourth-order valence-corrected chi connectivity index (χ4v) is 3.44. The van der Waals surface area contributed by atoms with E-state index in [0.29, 0.717) is 12.0 Å². The van der Waals surface area contributed by atoms with E-state index in [0.717, 1.165) is 16.8 Å². The number of hydrogen-bond donors (Lipinski definition) is 1. The highest BCUT2D eigenvalue weighted by Gasteiger charge is 2.42.